The first-order valence-corrected chi connectivity index (χ1v) is 5.10. The predicted molar refractivity (Wildman–Crippen MR) is 58.6 cm³/mol. The molecule has 0 spiro atoms. The number of ether oxygens (including phenoxy) is 2. The molecule has 0 heterocycles. The molecular weight excluding hydrogens is 196 g/mol. The lowest BCUT2D eigenvalue weighted by Crippen LogP contribution is -2.45. The molecular formula is C10H22N2O3. The molecule has 0 radical (unpaired) electrons. The highest BCUT2D eigenvalue weighted by atomic mass is 16.5. The molecule has 15 heavy (non-hydrogen) atoms. The number of hydrogen-bond acceptors (Lipinski definition) is 4. The third-order valence-corrected chi connectivity index (χ3v) is 1.92. The van der Waals surface area contributed by atoms with E-state index in [2.05, 4.69) is 0 Å². The average molecular weight is 218 g/mol. The second-order valence-electron chi connectivity index (χ2n) is 3.74. The van der Waals surface area contributed by atoms with Gasteiger partial charge in [0.05, 0.1) is 19.3 Å². The van der Waals surface area contributed by atoms with Crippen LogP contribution in [0.5, 0.6) is 0 Å². The van der Waals surface area contributed by atoms with Crippen LogP contribution in [0.1, 0.15) is 13.8 Å². The standard InChI is InChI=1S/C10H22N2O3/c1-8(2)15-6-5-12(3)10(13)9(11)7-14-4/h8-9H,5-7,11H2,1-4H3. The number of carbonyl (C=O) groups is 1. The van der Waals surface area contributed by atoms with Crippen molar-refractivity contribution < 1.29 is 14.3 Å². The van der Waals surface area contributed by atoms with Crippen LogP contribution in [-0.2, 0) is 14.3 Å². The zero-order chi connectivity index (χ0) is 11.8. The topological polar surface area (TPSA) is 64.8 Å². The average Bonchev–Trinajstić information content (AvgIpc) is 2.16. The van der Waals surface area contributed by atoms with Gasteiger partial charge in [-0.25, -0.2) is 0 Å². The van der Waals surface area contributed by atoms with E-state index in [1.807, 2.05) is 13.8 Å². The highest BCUT2D eigenvalue weighted by Crippen LogP contribution is 1.93. The molecule has 5 heteroatoms. The number of nitrogens with two attached hydrogens (primary N) is 1. The van der Waals surface area contributed by atoms with Gasteiger partial charge < -0.3 is 20.1 Å². The summed E-state index contributed by atoms with van der Waals surface area (Å²) in [7, 11) is 3.23. The van der Waals surface area contributed by atoms with Crippen molar-refractivity contribution in [2.24, 2.45) is 5.73 Å². The minimum atomic E-state index is -0.584. The summed E-state index contributed by atoms with van der Waals surface area (Å²) in [5.41, 5.74) is 5.60. The third-order valence-electron chi connectivity index (χ3n) is 1.92. The molecule has 0 fully saturated rings. The Morgan fingerprint density at radius 2 is 2.07 bits per heavy atom. The Morgan fingerprint density at radius 3 is 2.53 bits per heavy atom. The first-order valence-electron chi connectivity index (χ1n) is 5.10. The molecule has 0 aromatic rings. The predicted octanol–water partition coefficient (Wildman–Crippen LogP) is -0.156. The van der Waals surface area contributed by atoms with Crippen molar-refractivity contribution in [3.63, 3.8) is 0 Å². The van der Waals surface area contributed by atoms with Crippen LogP contribution in [0, 0.1) is 0 Å². The molecule has 0 rings (SSSR count). The molecule has 0 aromatic carbocycles. The van der Waals surface area contributed by atoms with E-state index in [0.717, 1.165) is 0 Å². The van der Waals surface area contributed by atoms with Gasteiger partial charge in [-0.1, -0.05) is 0 Å². The van der Waals surface area contributed by atoms with E-state index >= 15 is 0 Å². The van der Waals surface area contributed by atoms with Crippen molar-refractivity contribution >= 4 is 5.91 Å². The SMILES string of the molecule is COCC(N)C(=O)N(C)CCOC(C)C. The van der Waals surface area contributed by atoms with Gasteiger partial charge in [0, 0.05) is 20.7 Å². The number of methoxy groups -OCH3 is 1. The molecule has 0 aromatic heterocycles. The minimum absolute atomic E-state index is 0.121. The monoisotopic (exact) mass is 218 g/mol. The second kappa shape index (κ2) is 7.62. The maximum atomic E-state index is 11.6. The van der Waals surface area contributed by atoms with Crippen molar-refractivity contribution in [3.05, 3.63) is 0 Å². The van der Waals surface area contributed by atoms with Gasteiger partial charge in [0.1, 0.15) is 6.04 Å². The molecule has 0 aliphatic heterocycles. The van der Waals surface area contributed by atoms with Crippen molar-refractivity contribution in [3.8, 4) is 0 Å². The van der Waals surface area contributed by atoms with E-state index in [4.69, 9.17) is 15.2 Å². The van der Waals surface area contributed by atoms with Crippen molar-refractivity contribution in [1.82, 2.24) is 4.90 Å². The summed E-state index contributed by atoms with van der Waals surface area (Å²) in [6.07, 6.45) is 0.182. The zero-order valence-corrected chi connectivity index (χ0v) is 10.0. The van der Waals surface area contributed by atoms with Crippen LogP contribution in [-0.4, -0.2) is 56.9 Å². The summed E-state index contributed by atoms with van der Waals surface area (Å²) in [4.78, 5) is 13.1. The highest BCUT2D eigenvalue weighted by Gasteiger charge is 2.17. The molecule has 0 saturated carbocycles. The Kier molecular flexibility index (Phi) is 7.29. The fourth-order valence-corrected chi connectivity index (χ4v) is 1.07. The Balaban J connectivity index is 3.78. The molecule has 1 amide bonds. The van der Waals surface area contributed by atoms with Gasteiger partial charge >= 0.3 is 0 Å². The molecule has 0 aliphatic rings. The van der Waals surface area contributed by atoms with Crippen LogP contribution in [0.25, 0.3) is 0 Å². The largest absolute Gasteiger partial charge is 0.383 e. The molecule has 1 atom stereocenters. The molecule has 5 nitrogen and oxygen atoms in total. The number of hydrogen-bond donors (Lipinski definition) is 1. The van der Waals surface area contributed by atoms with Crippen LogP contribution in [0.2, 0.25) is 0 Å². The third kappa shape index (κ3) is 6.43. The summed E-state index contributed by atoms with van der Waals surface area (Å²) >= 11 is 0. The van der Waals surface area contributed by atoms with Gasteiger partial charge in [0.25, 0.3) is 0 Å². The summed E-state index contributed by atoms with van der Waals surface area (Å²) in [6, 6.07) is -0.584. The van der Waals surface area contributed by atoms with Crippen molar-refractivity contribution in [2.45, 2.75) is 26.0 Å². The van der Waals surface area contributed by atoms with E-state index in [-0.39, 0.29) is 18.6 Å². The number of carbonyl (C=O) groups excluding carboxylic acids is 1. The zero-order valence-electron chi connectivity index (χ0n) is 10.0. The van der Waals surface area contributed by atoms with E-state index in [9.17, 15) is 4.79 Å². The van der Waals surface area contributed by atoms with E-state index in [0.29, 0.717) is 13.2 Å². The molecule has 0 aliphatic carbocycles. The lowest BCUT2D eigenvalue weighted by atomic mass is 10.3. The van der Waals surface area contributed by atoms with Gasteiger partial charge in [-0.2, -0.15) is 0 Å². The Morgan fingerprint density at radius 1 is 1.47 bits per heavy atom. The first-order chi connectivity index (χ1) is 6.99. The summed E-state index contributed by atoms with van der Waals surface area (Å²) in [5.74, 6) is -0.121. The Bertz CT molecular complexity index is 186. The van der Waals surface area contributed by atoms with Crippen LogP contribution < -0.4 is 5.73 Å². The van der Waals surface area contributed by atoms with Crippen LogP contribution in [0.4, 0.5) is 0 Å². The Labute approximate surface area is 91.5 Å². The number of amides is 1. The van der Waals surface area contributed by atoms with Crippen LogP contribution in [0.3, 0.4) is 0 Å². The normalized spacial score (nSPS) is 12.9. The van der Waals surface area contributed by atoms with Crippen molar-refractivity contribution in [1.29, 1.82) is 0 Å². The van der Waals surface area contributed by atoms with Gasteiger partial charge in [-0.15, -0.1) is 0 Å². The number of likely N-dealkylation sites (N-methyl/N-ethyl adjacent to an activating group) is 1. The maximum Gasteiger partial charge on any atom is 0.241 e. The molecule has 2 N–H and O–H groups in total. The smallest absolute Gasteiger partial charge is 0.241 e. The fourth-order valence-electron chi connectivity index (χ4n) is 1.07. The fraction of sp³-hybridized carbons (Fsp3) is 0.900. The highest BCUT2D eigenvalue weighted by molar-refractivity contribution is 5.81. The summed E-state index contributed by atoms with van der Waals surface area (Å²) in [6.45, 7) is 5.24. The lowest BCUT2D eigenvalue weighted by molar-refractivity contribution is -0.133. The van der Waals surface area contributed by atoms with Crippen LogP contribution >= 0.6 is 0 Å². The van der Waals surface area contributed by atoms with Gasteiger partial charge in [-0.05, 0) is 13.8 Å². The minimum Gasteiger partial charge on any atom is -0.383 e. The van der Waals surface area contributed by atoms with Crippen molar-refractivity contribution in [2.75, 3.05) is 33.9 Å². The summed E-state index contributed by atoms with van der Waals surface area (Å²) < 4.78 is 10.2. The quantitative estimate of drug-likeness (QED) is 0.645. The second-order valence-corrected chi connectivity index (χ2v) is 3.74. The van der Waals surface area contributed by atoms with E-state index < -0.39 is 6.04 Å². The molecule has 0 bridgehead atoms. The maximum absolute atomic E-state index is 11.6. The Hall–Kier alpha value is -0.650. The van der Waals surface area contributed by atoms with E-state index in [1.54, 1.807) is 11.9 Å². The molecule has 0 saturated heterocycles. The van der Waals surface area contributed by atoms with Gasteiger partial charge in [0.2, 0.25) is 5.91 Å². The first kappa shape index (κ1) is 14.3. The van der Waals surface area contributed by atoms with Gasteiger partial charge in [-0.3, -0.25) is 4.79 Å². The van der Waals surface area contributed by atoms with Crippen LogP contribution in [0.15, 0.2) is 0 Å². The molecule has 1 unspecified atom stereocenters. The number of nitrogens with zero attached hydrogens (tertiary/aromatic N) is 1. The number of rotatable bonds is 7. The lowest BCUT2D eigenvalue weighted by Gasteiger charge is -2.21. The molecule has 90 valence electrons. The van der Waals surface area contributed by atoms with E-state index in [1.165, 1.54) is 7.11 Å². The summed E-state index contributed by atoms with van der Waals surface area (Å²) in [5, 5.41) is 0. The van der Waals surface area contributed by atoms with Gasteiger partial charge in [0.15, 0.2) is 0 Å².